The van der Waals surface area contributed by atoms with Gasteiger partial charge in [-0.05, 0) is 35.4 Å². The van der Waals surface area contributed by atoms with Crippen LogP contribution < -0.4 is 4.74 Å². The summed E-state index contributed by atoms with van der Waals surface area (Å²) >= 11 is 1.46. The van der Waals surface area contributed by atoms with Crippen LogP contribution in [0.3, 0.4) is 0 Å². The lowest BCUT2D eigenvalue weighted by Gasteiger charge is -2.09. The fourth-order valence-corrected chi connectivity index (χ4v) is 2.63. The second-order valence-electron chi connectivity index (χ2n) is 4.59. The van der Waals surface area contributed by atoms with Crippen molar-refractivity contribution in [3.05, 3.63) is 54.7 Å². The van der Waals surface area contributed by atoms with Crippen LogP contribution in [0.4, 0.5) is 13.2 Å². The summed E-state index contributed by atoms with van der Waals surface area (Å²) in [5, 5.41) is 11.0. The topological polar surface area (TPSA) is 84.9 Å². The Bertz CT molecular complexity index is 845. The summed E-state index contributed by atoms with van der Waals surface area (Å²) in [6.07, 6.45) is -2.81. The first kappa shape index (κ1) is 19.2. The molecule has 0 saturated carbocycles. The Morgan fingerprint density at radius 2 is 1.50 bits per heavy atom. The summed E-state index contributed by atoms with van der Waals surface area (Å²) in [4.78, 5) is 17.2. The number of halogens is 3. The Kier molecular flexibility index (Phi) is 6.54. The van der Waals surface area contributed by atoms with E-state index in [-0.39, 0.29) is 11.9 Å². The molecule has 6 nitrogen and oxygen atoms in total. The minimum Gasteiger partial charge on any atom is -0.406 e. The molecule has 0 radical (unpaired) electrons. The first-order valence-electron chi connectivity index (χ1n) is 6.90. The van der Waals surface area contributed by atoms with Gasteiger partial charge < -0.3 is 4.74 Å². The van der Waals surface area contributed by atoms with E-state index in [1.165, 1.54) is 23.9 Å². The third-order valence-electron chi connectivity index (χ3n) is 2.89. The van der Waals surface area contributed by atoms with Gasteiger partial charge in [-0.25, -0.2) is 0 Å². The molecule has 0 aliphatic rings. The largest absolute Gasteiger partial charge is 0.573 e. The third-order valence-corrected chi connectivity index (χ3v) is 3.80. The first-order valence-corrected chi connectivity index (χ1v) is 7.72. The molecule has 1 heterocycles. The molecule has 26 heavy (non-hydrogen) atoms. The minimum atomic E-state index is -4.68. The van der Waals surface area contributed by atoms with Crippen LogP contribution >= 0.6 is 11.8 Å². The summed E-state index contributed by atoms with van der Waals surface area (Å²) in [7, 11) is 0. The number of nitrogens with zero attached hydrogens (tertiary/aromatic N) is 2. The van der Waals surface area contributed by atoms with Gasteiger partial charge in [0.1, 0.15) is 10.8 Å². The summed E-state index contributed by atoms with van der Waals surface area (Å²) in [6.45, 7) is 0. The van der Waals surface area contributed by atoms with Crippen molar-refractivity contribution in [2.45, 2.75) is 16.3 Å². The molecule has 1 aromatic heterocycles. The van der Waals surface area contributed by atoms with E-state index in [9.17, 15) is 13.2 Å². The Morgan fingerprint density at radius 3 is 1.96 bits per heavy atom. The van der Waals surface area contributed by atoms with Gasteiger partial charge in [-0.15, -0.1) is 18.3 Å². The number of alkyl halides is 3. The highest BCUT2D eigenvalue weighted by atomic mass is 32.2. The number of aromatic amines is 1. The van der Waals surface area contributed by atoms with Crippen LogP contribution in [-0.4, -0.2) is 27.9 Å². The Hall–Kier alpha value is -3.10. The molecule has 134 valence electrons. The van der Waals surface area contributed by atoms with Gasteiger partial charge in [0.2, 0.25) is 0 Å². The summed E-state index contributed by atoms with van der Waals surface area (Å²) in [6, 6.07) is 13.4. The number of hydrogen-bond donors (Lipinski definition) is 1. The minimum absolute atomic E-state index is 0.237. The number of benzene rings is 2. The summed E-state index contributed by atoms with van der Waals surface area (Å²) in [5.41, 5.74) is 1.70. The second kappa shape index (κ2) is 8.84. The van der Waals surface area contributed by atoms with Crippen molar-refractivity contribution in [1.29, 1.82) is 0 Å². The Morgan fingerprint density at radius 1 is 0.962 bits per heavy atom. The van der Waals surface area contributed by atoms with Gasteiger partial charge in [-0.3, -0.25) is 0 Å². The van der Waals surface area contributed by atoms with E-state index < -0.39 is 6.36 Å². The molecule has 0 atom stereocenters. The molecule has 3 rings (SSSR count). The van der Waals surface area contributed by atoms with Crippen LogP contribution in [0.5, 0.6) is 5.75 Å². The molecule has 0 bridgehead atoms. The highest BCUT2D eigenvalue weighted by Crippen LogP contribution is 2.29. The van der Waals surface area contributed by atoms with Crippen LogP contribution in [-0.2, 0) is 9.59 Å². The predicted octanol–water partition coefficient (Wildman–Crippen LogP) is 3.94. The van der Waals surface area contributed by atoms with Crippen LogP contribution in [0.25, 0.3) is 11.1 Å². The number of rotatable bonds is 4. The van der Waals surface area contributed by atoms with Crippen molar-refractivity contribution < 1.29 is 27.5 Å². The molecule has 0 aliphatic carbocycles. The molecular formula is C16H10F3N3O3S. The Labute approximate surface area is 149 Å². The van der Waals surface area contributed by atoms with Crippen LogP contribution in [0.1, 0.15) is 0 Å². The lowest BCUT2D eigenvalue weighted by atomic mass is 10.1. The maximum absolute atomic E-state index is 12.1. The van der Waals surface area contributed by atoms with Crippen molar-refractivity contribution in [1.82, 2.24) is 15.4 Å². The number of H-pyrrole nitrogens is 1. The molecule has 1 N–H and O–H groups in total. The zero-order valence-corrected chi connectivity index (χ0v) is 13.7. The van der Waals surface area contributed by atoms with Gasteiger partial charge in [-0.2, -0.15) is 19.9 Å². The van der Waals surface area contributed by atoms with Gasteiger partial charge in [-0.1, -0.05) is 36.0 Å². The van der Waals surface area contributed by atoms with Crippen LogP contribution in [0.15, 0.2) is 64.6 Å². The normalized spacial score (nSPS) is 10.4. The van der Waals surface area contributed by atoms with E-state index in [0.29, 0.717) is 0 Å². The molecule has 0 aliphatic heterocycles. The smallest absolute Gasteiger partial charge is 0.406 e. The van der Waals surface area contributed by atoms with Gasteiger partial charge in [0.05, 0.1) is 6.20 Å². The highest BCUT2D eigenvalue weighted by molar-refractivity contribution is 7.99. The second-order valence-corrected chi connectivity index (χ2v) is 5.68. The maximum atomic E-state index is 12.1. The number of aromatic nitrogens is 3. The zero-order valence-electron chi connectivity index (χ0n) is 12.9. The van der Waals surface area contributed by atoms with E-state index >= 15 is 0 Å². The van der Waals surface area contributed by atoms with Crippen LogP contribution in [0, 0.1) is 0 Å². The molecule has 0 saturated heterocycles. The maximum Gasteiger partial charge on any atom is 0.573 e. The number of ether oxygens (including phenoxy) is 1. The average molecular weight is 381 g/mol. The van der Waals surface area contributed by atoms with Gasteiger partial charge in [0, 0.05) is 4.90 Å². The van der Waals surface area contributed by atoms with E-state index in [4.69, 9.17) is 9.59 Å². The standard InChI is InChI=1S/C15H10F3N3OS.CO2/c16-15(17,18)22-12-5-1-10(2-6-12)11-3-7-13(8-4-11)23-14-9-19-21-20-14;2-1-3/h1-9H,(H,19,20,21);. The zero-order chi connectivity index (χ0) is 19.0. The summed E-state index contributed by atoms with van der Waals surface area (Å²) in [5.74, 6) is -0.237. The number of nitrogens with one attached hydrogen (secondary N) is 1. The van der Waals surface area contributed by atoms with E-state index in [1.54, 1.807) is 18.3 Å². The van der Waals surface area contributed by atoms with Gasteiger partial charge in [0.15, 0.2) is 0 Å². The fourth-order valence-electron chi connectivity index (χ4n) is 1.93. The molecular weight excluding hydrogens is 371 g/mol. The monoisotopic (exact) mass is 381 g/mol. The van der Waals surface area contributed by atoms with E-state index in [0.717, 1.165) is 21.0 Å². The van der Waals surface area contributed by atoms with Crippen molar-refractivity contribution in [2.75, 3.05) is 0 Å². The van der Waals surface area contributed by atoms with Gasteiger partial charge >= 0.3 is 12.5 Å². The molecule has 0 fully saturated rings. The average Bonchev–Trinajstić information content (AvgIpc) is 3.09. The third kappa shape index (κ3) is 6.08. The van der Waals surface area contributed by atoms with Crippen molar-refractivity contribution in [2.24, 2.45) is 0 Å². The quantitative estimate of drug-likeness (QED) is 0.737. The fraction of sp³-hybridized carbons (Fsp3) is 0.0625. The molecule has 10 heteroatoms. The van der Waals surface area contributed by atoms with E-state index in [2.05, 4.69) is 20.1 Å². The molecule has 0 spiro atoms. The number of carbonyl (C=O) groups excluding carboxylic acids is 2. The molecule has 0 amide bonds. The molecule has 0 unspecified atom stereocenters. The SMILES string of the molecule is FC(F)(F)Oc1ccc(-c2ccc(Sc3cn[nH]n3)cc2)cc1.O=C=O. The van der Waals surface area contributed by atoms with Crippen molar-refractivity contribution in [3.8, 4) is 16.9 Å². The number of hydrogen-bond acceptors (Lipinski definition) is 6. The lowest BCUT2D eigenvalue weighted by molar-refractivity contribution is -0.274. The predicted molar refractivity (Wildman–Crippen MR) is 84.1 cm³/mol. The lowest BCUT2D eigenvalue weighted by Crippen LogP contribution is -2.16. The van der Waals surface area contributed by atoms with Crippen molar-refractivity contribution >= 4 is 17.9 Å². The van der Waals surface area contributed by atoms with Crippen molar-refractivity contribution in [3.63, 3.8) is 0 Å². The van der Waals surface area contributed by atoms with Gasteiger partial charge in [0.25, 0.3) is 0 Å². The molecule has 2 aromatic carbocycles. The highest BCUT2D eigenvalue weighted by Gasteiger charge is 2.30. The Balaban J connectivity index is 0.000000758. The molecule has 3 aromatic rings. The van der Waals surface area contributed by atoms with Crippen LogP contribution in [0.2, 0.25) is 0 Å². The van der Waals surface area contributed by atoms with E-state index in [1.807, 2.05) is 24.3 Å². The first-order chi connectivity index (χ1) is 12.4. The summed E-state index contributed by atoms with van der Waals surface area (Å²) < 4.78 is 40.2.